The summed E-state index contributed by atoms with van der Waals surface area (Å²) in [6.45, 7) is 6.30. The van der Waals surface area contributed by atoms with Crippen LogP contribution in [0.25, 0.3) is 0 Å². The largest absolute Gasteiger partial charge is 0.366 e. The average molecular weight is 388 g/mol. The summed E-state index contributed by atoms with van der Waals surface area (Å²) in [6.07, 6.45) is 2.11. The zero-order chi connectivity index (χ0) is 19.7. The monoisotopic (exact) mass is 387 g/mol. The van der Waals surface area contributed by atoms with Gasteiger partial charge in [0.1, 0.15) is 5.82 Å². The molecule has 2 heterocycles. The summed E-state index contributed by atoms with van der Waals surface area (Å²) in [5, 5.41) is 6.10. The highest BCUT2D eigenvalue weighted by Gasteiger charge is 2.28. The number of hydrogen-bond acceptors (Lipinski definition) is 5. The molecule has 1 aliphatic heterocycles. The highest BCUT2D eigenvalue weighted by molar-refractivity contribution is 7.91. The lowest BCUT2D eigenvalue weighted by Gasteiger charge is -2.23. The van der Waals surface area contributed by atoms with Gasteiger partial charge in [0.2, 0.25) is 0 Å². The Balaban J connectivity index is 1.75. The zero-order valence-electron chi connectivity index (χ0n) is 15.8. The lowest BCUT2D eigenvalue weighted by molar-refractivity contribution is 0.102. The Labute approximate surface area is 160 Å². The Morgan fingerprint density at radius 2 is 1.93 bits per heavy atom. The highest BCUT2D eigenvalue weighted by Crippen LogP contribution is 2.29. The van der Waals surface area contributed by atoms with E-state index in [4.69, 9.17) is 0 Å². The second kappa shape index (κ2) is 7.31. The van der Waals surface area contributed by atoms with Crippen molar-refractivity contribution in [3.05, 3.63) is 53.7 Å². The van der Waals surface area contributed by atoms with Crippen LogP contribution in [0.2, 0.25) is 0 Å². The van der Waals surface area contributed by atoms with Crippen molar-refractivity contribution in [2.45, 2.75) is 38.6 Å². The number of nitrogens with zero attached hydrogens (tertiary/aromatic N) is 1. The van der Waals surface area contributed by atoms with Crippen LogP contribution in [0.4, 0.5) is 11.5 Å². The van der Waals surface area contributed by atoms with Gasteiger partial charge in [-0.1, -0.05) is 39.0 Å². The van der Waals surface area contributed by atoms with Crippen LogP contribution >= 0.6 is 0 Å². The van der Waals surface area contributed by atoms with Crippen LogP contribution in [-0.4, -0.2) is 36.9 Å². The normalized spacial score (nSPS) is 18.9. The molecule has 1 fully saturated rings. The van der Waals surface area contributed by atoms with Crippen LogP contribution in [-0.2, 0) is 15.3 Å². The van der Waals surface area contributed by atoms with Gasteiger partial charge in [0.05, 0.1) is 11.5 Å². The van der Waals surface area contributed by atoms with E-state index in [2.05, 4.69) is 36.4 Å². The van der Waals surface area contributed by atoms with Crippen LogP contribution in [0, 0.1) is 0 Å². The summed E-state index contributed by atoms with van der Waals surface area (Å²) in [7, 11) is -2.97. The summed E-state index contributed by atoms with van der Waals surface area (Å²) in [6, 6.07) is 10.9. The smallest absolute Gasteiger partial charge is 0.255 e. The highest BCUT2D eigenvalue weighted by atomic mass is 32.2. The summed E-state index contributed by atoms with van der Waals surface area (Å²) >= 11 is 0. The van der Waals surface area contributed by atoms with E-state index in [9.17, 15) is 13.2 Å². The molecule has 144 valence electrons. The molecule has 1 unspecified atom stereocenters. The van der Waals surface area contributed by atoms with Gasteiger partial charge in [-0.05, 0) is 35.6 Å². The molecule has 1 aromatic heterocycles. The van der Waals surface area contributed by atoms with E-state index >= 15 is 0 Å². The molecule has 0 radical (unpaired) electrons. The van der Waals surface area contributed by atoms with Crippen LogP contribution in [0.5, 0.6) is 0 Å². The molecule has 0 saturated carbocycles. The topological polar surface area (TPSA) is 88.2 Å². The number of hydrogen-bond donors (Lipinski definition) is 2. The number of amides is 1. The molecule has 1 atom stereocenters. The Hall–Kier alpha value is -2.41. The van der Waals surface area contributed by atoms with Crippen molar-refractivity contribution in [1.82, 2.24) is 4.98 Å². The number of nitrogens with one attached hydrogen (secondary N) is 2. The first-order valence-electron chi connectivity index (χ1n) is 8.98. The fourth-order valence-electron chi connectivity index (χ4n) is 3.21. The van der Waals surface area contributed by atoms with Gasteiger partial charge in [-0.25, -0.2) is 13.4 Å². The van der Waals surface area contributed by atoms with Gasteiger partial charge in [-0.3, -0.25) is 4.79 Å². The average Bonchev–Trinajstić information content (AvgIpc) is 2.93. The maximum absolute atomic E-state index is 12.7. The minimum atomic E-state index is -2.97. The molecule has 6 nitrogen and oxygen atoms in total. The first-order chi connectivity index (χ1) is 12.6. The van der Waals surface area contributed by atoms with Gasteiger partial charge in [0.25, 0.3) is 5.91 Å². The summed E-state index contributed by atoms with van der Waals surface area (Å²) in [5.74, 6) is 0.573. The van der Waals surface area contributed by atoms with Crippen molar-refractivity contribution in [2.24, 2.45) is 0 Å². The first kappa shape index (κ1) is 19.4. The van der Waals surface area contributed by atoms with Crippen LogP contribution in [0.3, 0.4) is 0 Å². The number of anilines is 2. The number of aromatic nitrogens is 1. The van der Waals surface area contributed by atoms with Gasteiger partial charge in [0.15, 0.2) is 9.84 Å². The van der Waals surface area contributed by atoms with E-state index in [0.29, 0.717) is 17.8 Å². The Kier molecular flexibility index (Phi) is 5.24. The summed E-state index contributed by atoms with van der Waals surface area (Å²) < 4.78 is 23.2. The Morgan fingerprint density at radius 3 is 2.59 bits per heavy atom. The van der Waals surface area contributed by atoms with E-state index in [1.54, 1.807) is 18.3 Å². The molecule has 0 spiro atoms. The second-order valence-corrected chi connectivity index (χ2v) is 10.2. The van der Waals surface area contributed by atoms with Crippen molar-refractivity contribution in [3.8, 4) is 0 Å². The van der Waals surface area contributed by atoms with Gasteiger partial charge < -0.3 is 10.6 Å². The van der Waals surface area contributed by atoms with E-state index in [1.165, 1.54) is 0 Å². The van der Waals surface area contributed by atoms with E-state index in [1.807, 2.05) is 24.3 Å². The molecule has 1 aliphatic rings. The number of rotatable bonds is 4. The number of pyridine rings is 1. The lowest BCUT2D eigenvalue weighted by atomic mass is 9.86. The fraction of sp³-hybridized carbons (Fsp3) is 0.400. The number of carbonyl (C=O) groups excluding carboxylic acids is 1. The molecule has 2 N–H and O–H groups in total. The van der Waals surface area contributed by atoms with Crippen molar-refractivity contribution >= 4 is 27.2 Å². The van der Waals surface area contributed by atoms with Gasteiger partial charge in [-0.2, -0.15) is 0 Å². The molecule has 1 amide bonds. The third kappa shape index (κ3) is 4.86. The third-order valence-electron chi connectivity index (χ3n) is 4.59. The summed E-state index contributed by atoms with van der Waals surface area (Å²) in [4.78, 5) is 16.9. The molecule has 0 bridgehead atoms. The number of para-hydroxylation sites is 1. The van der Waals surface area contributed by atoms with Gasteiger partial charge >= 0.3 is 0 Å². The number of carbonyl (C=O) groups is 1. The zero-order valence-corrected chi connectivity index (χ0v) is 16.6. The first-order valence-corrected chi connectivity index (χ1v) is 10.8. The molecule has 7 heteroatoms. The number of sulfone groups is 1. The van der Waals surface area contributed by atoms with Crippen molar-refractivity contribution < 1.29 is 13.2 Å². The Morgan fingerprint density at radius 1 is 1.19 bits per heavy atom. The maximum Gasteiger partial charge on any atom is 0.255 e. The van der Waals surface area contributed by atoms with Crippen LogP contribution in [0.15, 0.2) is 42.6 Å². The van der Waals surface area contributed by atoms with E-state index in [-0.39, 0.29) is 28.9 Å². The van der Waals surface area contributed by atoms with Crippen molar-refractivity contribution in [3.63, 3.8) is 0 Å². The molecule has 1 saturated heterocycles. The van der Waals surface area contributed by atoms with E-state index in [0.717, 1.165) is 11.3 Å². The molecular weight excluding hydrogens is 362 g/mol. The van der Waals surface area contributed by atoms with Crippen molar-refractivity contribution in [2.75, 3.05) is 22.1 Å². The number of benzene rings is 1. The lowest BCUT2D eigenvalue weighted by Crippen LogP contribution is -2.22. The predicted octanol–water partition coefficient (Wildman–Crippen LogP) is 3.23. The molecular formula is C20H25N3O3S. The second-order valence-electron chi connectivity index (χ2n) is 7.92. The molecule has 27 heavy (non-hydrogen) atoms. The van der Waals surface area contributed by atoms with Gasteiger partial charge in [0, 0.05) is 23.5 Å². The minimum absolute atomic E-state index is 0.0944. The minimum Gasteiger partial charge on any atom is -0.366 e. The Bertz CT molecular complexity index is 949. The fourth-order valence-corrected chi connectivity index (χ4v) is 4.88. The molecule has 0 aliphatic carbocycles. The van der Waals surface area contributed by atoms with Crippen LogP contribution < -0.4 is 10.6 Å². The third-order valence-corrected chi connectivity index (χ3v) is 6.36. The molecule has 3 rings (SSSR count). The standard InChI is InChI=1S/C20H25N3O3S/c1-20(2,3)16-6-4-5-7-17(16)23-19(24)14-8-10-21-18(12-14)22-15-9-11-27(25,26)13-15/h4-8,10,12,15H,9,11,13H2,1-3H3,(H,21,22)(H,23,24). The molecule has 1 aromatic carbocycles. The SMILES string of the molecule is CC(C)(C)c1ccccc1NC(=O)c1ccnc(NC2CCS(=O)(=O)C2)c1. The van der Waals surface area contributed by atoms with Gasteiger partial charge in [-0.15, -0.1) is 0 Å². The molecule has 2 aromatic rings. The van der Waals surface area contributed by atoms with Crippen LogP contribution in [0.1, 0.15) is 43.1 Å². The predicted molar refractivity (Wildman–Crippen MR) is 108 cm³/mol. The van der Waals surface area contributed by atoms with E-state index < -0.39 is 9.84 Å². The maximum atomic E-state index is 12.7. The van der Waals surface area contributed by atoms with Crippen molar-refractivity contribution in [1.29, 1.82) is 0 Å². The summed E-state index contributed by atoms with van der Waals surface area (Å²) in [5.41, 5.74) is 2.21. The quantitative estimate of drug-likeness (QED) is 0.841.